The van der Waals surface area contributed by atoms with Gasteiger partial charge >= 0.3 is 12.2 Å². The lowest BCUT2D eigenvalue weighted by molar-refractivity contribution is -0.138. The number of benzene rings is 1. The number of alkyl halides is 3. The van der Waals surface area contributed by atoms with E-state index in [2.05, 4.69) is 10.3 Å². The molecule has 0 aliphatic carbocycles. The van der Waals surface area contributed by atoms with E-state index in [-0.39, 0.29) is 18.7 Å². The van der Waals surface area contributed by atoms with E-state index < -0.39 is 24.0 Å². The summed E-state index contributed by atoms with van der Waals surface area (Å²) in [5, 5.41) is 18.5. The van der Waals surface area contributed by atoms with Gasteiger partial charge in [-0.1, -0.05) is 23.4 Å². The zero-order chi connectivity index (χ0) is 22.3. The van der Waals surface area contributed by atoms with Gasteiger partial charge in [0, 0.05) is 18.3 Å². The van der Waals surface area contributed by atoms with Crippen molar-refractivity contribution in [3.63, 3.8) is 0 Å². The molecule has 3 aromatic rings. The smallest absolute Gasteiger partial charge is 0.371 e. The maximum Gasteiger partial charge on any atom is 0.416 e. The molecule has 1 fully saturated rings. The van der Waals surface area contributed by atoms with Crippen molar-refractivity contribution < 1.29 is 27.6 Å². The summed E-state index contributed by atoms with van der Waals surface area (Å²) in [6, 6.07) is 4.49. The van der Waals surface area contributed by atoms with Gasteiger partial charge in [-0.05, 0) is 25.5 Å². The van der Waals surface area contributed by atoms with E-state index in [1.165, 1.54) is 29.3 Å². The first kappa shape index (κ1) is 20.9. The summed E-state index contributed by atoms with van der Waals surface area (Å²) in [4.78, 5) is 15.2. The number of hydrogen-bond acceptors (Lipinski definition) is 5. The maximum absolute atomic E-state index is 13.3. The number of rotatable bonds is 5. The van der Waals surface area contributed by atoms with Crippen LogP contribution in [-0.2, 0) is 19.3 Å². The van der Waals surface area contributed by atoms with E-state index in [0.29, 0.717) is 18.0 Å². The fraction of sp³-hybridized carbons (Fsp3) is 0.350. The molecule has 0 radical (unpaired) electrons. The number of β-amino-alcohol motifs (C(OH)–C–C–N with tert-alkyl or cyclic N) is 1. The fourth-order valence-electron chi connectivity index (χ4n) is 3.64. The summed E-state index contributed by atoms with van der Waals surface area (Å²) in [5.74, 6) is 0.654. The van der Waals surface area contributed by atoms with Crippen LogP contribution in [0.1, 0.15) is 28.1 Å². The monoisotopic (exact) mass is 435 g/mol. The minimum absolute atomic E-state index is 0.0356. The molecule has 0 saturated carbocycles. The highest BCUT2D eigenvalue weighted by atomic mass is 19.4. The highest BCUT2D eigenvalue weighted by Gasteiger charge is 2.40. The third-order valence-electron chi connectivity index (χ3n) is 5.24. The van der Waals surface area contributed by atoms with Crippen molar-refractivity contribution in [2.75, 3.05) is 11.4 Å². The number of carbonyl (C=O) groups is 1. The topological polar surface area (TPSA) is 87.6 Å². The number of aryl methyl sites for hydroxylation is 2. The lowest BCUT2D eigenvalue weighted by Crippen LogP contribution is -2.34. The van der Waals surface area contributed by atoms with Crippen LogP contribution in [-0.4, -0.2) is 43.7 Å². The van der Waals surface area contributed by atoms with Gasteiger partial charge in [0.2, 0.25) is 0 Å². The van der Waals surface area contributed by atoms with Gasteiger partial charge in [-0.25, -0.2) is 4.79 Å². The van der Waals surface area contributed by atoms with Crippen LogP contribution in [0.5, 0.6) is 0 Å². The summed E-state index contributed by atoms with van der Waals surface area (Å²) in [6.45, 7) is 3.56. The number of urea groups is 1. The number of aliphatic hydroxyl groups is 1. The highest BCUT2D eigenvalue weighted by Crippen LogP contribution is 2.33. The van der Waals surface area contributed by atoms with Gasteiger partial charge in [-0.15, -0.1) is 0 Å². The number of aliphatic hydroxyl groups excluding tert-OH is 1. The molecule has 0 bridgehead atoms. The molecule has 1 N–H and O–H groups in total. The zero-order valence-corrected chi connectivity index (χ0v) is 16.8. The van der Waals surface area contributed by atoms with E-state index in [0.717, 1.165) is 22.2 Å². The van der Waals surface area contributed by atoms with Crippen molar-refractivity contribution in [3.05, 3.63) is 64.8 Å². The molecule has 11 heteroatoms. The number of halogens is 3. The number of carbonyl (C=O) groups excluding carboxylic acids is 1. The highest BCUT2D eigenvalue weighted by molar-refractivity contribution is 5.94. The SMILES string of the molecule is Cc1noc(C)c1Cn1cc(N2C(=O)N(Cc3ccccc3C(F)(F)F)CC2O)cn1. The molecule has 1 unspecified atom stereocenters. The number of anilines is 1. The van der Waals surface area contributed by atoms with E-state index in [1.54, 1.807) is 24.7 Å². The third kappa shape index (κ3) is 4.00. The van der Waals surface area contributed by atoms with E-state index in [4.69, 9.17) is 4.52 Å². The molecule has 1 aromatic carbocycles. The van der Waals surface area contributed by atoms with Crippen molar-refractivity contribution in [1.29, 1.82) is 0 Å². The van der Waals surface area contributed by atoms with Crippen molar-refractivity contribution in [3.8, 4) is 0 Å². The molecule has 3 heterocycles. The van der Waals surface area contributed by atoms with Crippen LogP contribution < -0.4 is 4.90 Å². The summed E-state index contributed by atoms with van der Waals surface area (Å²) in [5.41, 5.74) is 1.08. The quantitative estimate of drug-likeness (QED) is 0.664. The minimum Gasteiger partial charge on any atom is -0.371 e. The molecule has 2 aromatic heterocycles. The van der Waals surface area contributed by atoms with Gasteiger partial charge in [-0.3, -0.25) is 9.58 Å². The number of nitrogens with zero attached hydrogens (tertiary/aromatic N) is 5. The Balaban J connectivity index is 1.52. The average molecular weight is 435 g/mol. The predicted molar refractivity (Wildman–Crippen MR) is 103 cm³/mol. The molecule has 1 saturated heterocycles. The molecule has 1 aliphatic heterocycles. The maximum atomic E-state index is 13.3. The van der Waals surface area contributed by atoms with Gasteiger partial charge in [0.05, 0.1) is 36.2 Å². The summed E-state index contributed by atoms with van der Waals surface area (Å²) < 4.78 is 46.5. The first-order valence-corrected chi connectivity index (χ1v) is 9.50. The fourth-order valence-corrected chi connectivity index (χ4v) is 3.64. The van der Waals surface area contributed by atoms with Gasteiger partial charge in [0.1, 0.15) is 5.76 Å². The van der Waals surface area contributed by atoms with Gasteiger partial charge in [-0.2, -0.15) is 18.3 Å². The van der Waals surface area contributed by atoms with Crippen LogP contribution in [0.4, 0.5) is 23.7 Å². The molecule has 8 nitrogen and oxygen atoms in total. The second-order valence-electron chi connectivity index (χ2n) is 7.37. The molecule has 164 valence electrons. The average Bonchev–Trinajstić information content (AvgIpc) is 3.36. The summed E-state index contributed by atoms with van der Waals surface area (Å²) in [7, 11) is 0. The molecule has 4 rings (SSSR count). The second kappa shape index (κ2) is 7.73. The van der Waals surface area contributed by atoms with Crippen molar-refractivity contribution in [2.24, 2.45) is 0 Å². The second-order valence-corrected chi connectivity index (χ2v) is 7.37. The van der Waals surface area contributed by atoms with E-state index in [1.807, 2.05) is 0 Å². The van der Waals surface area contributed by atoms with Crippen molar-refractivity contribution >= 4 is 11.7 Å². The van der Waals surface area contributed by atoms with Gasteiger partial charge < -0.3 is 14.5 Å². The van der Waals surface area contributed by atoms with Crippen LogP contribution in [0.3, 0.4) is 0 Å². The normalized spacial score (nSPS) is 17.1. The van der Waals surface area contributed by atoms with Crippen molar-refractivity contribution in [1.82, 2.24) is 19.8 Å². The van der Waals surface area contributed by atoms with Crippen LogP contribution in [0.2, 0.25) is 0 Å². The molecule has 0 spiro atoms. The molecule has 2 amide bonds. The largest absolute Gasteiger partial charge is 0.416 e. The van der Waals surface area contributed by atoms with Gasteiger partial charge in [0.25, 0.3) is 0 Å². The van der Waals surface area contributed by atoms with Gasteiger partial charge in [0.15, 0.2) is 6.23 Å². The Morgan fingerprint density at radius 2 is 1.97 bits per heavy atom. The molecule has 1 aliphatic rings. The van der Waals surface area contributed by atoms with Crippen molar-refractivity contribution in [2.45, 2.75) is 39.3 Å². The third-order valence-corrected chi connectivity index (χ3v) is 5.24. The Morgan fingerprint density at radius 1 is 1.23 bits per heavy atom. The van der Waals surface area contributed by atoms with E-state index in [9.17, 15) is 23.1 Å². The Labute approximate surface area is 175 Å². The molecular formula is C20H20F3N5O3. The lowest BCUT2D eigenvalue weighted by Gasteiger charge is -2.20. The number of aromatic nitrogens is 3. The lowest BCUT2D eigenvalue weighted by atomic mass is 10.1. The predicted octanol–water partition coefficient (Wildman–Crippen LogP) is 3.32. The summed E-state index contributed by atoms with van der Waals surface area (Å²) >= 11 is 0. The zero-order valence-electron chi connectivity index (χ0n) is 16.8. The minimum atomic E-state index is -4.53. The number of amides is 2. The Morgan fingerprint density at radius 3 is 2.65 bits per heavy atom. The van der Waals surface area contributed by atoms with Crippen LogP contribution >= 0.6 is 0 Å². The molecule has 1 atom stereocenters. The standard InChI is InChI=1S/C20H20F3N5O3/c1-12-16(13(2)31-25-12)10-27-9-15(7-24-27)28-18(29)11-26(19(28)30)8-14-5-3-4-6-17(14)20(21,22)23/h3-7,9,18,29H,8,10-11H2,1-2H3. The Kier molecular flexibility index (Phi) is 5.21. The first-order valence-electron chi connectivity index (χ1n) is 9.50. The van der Waals surface area contributed by atoms with E-state index >= 15 is 0 Å². The Hall–Kier alpha value is -3.34. The molecular weight excluding hydrogens is 415 g/mol. The number of hydrogen-bond donors (Lipinski definition) is 1. The van der Waals surface area contributed by atoms with Crippen LogP contribution in [0, 0.1) is 13.8 Å². The van der Waals surface area contributed by atoms with Crippen LogP contribution in [0.25, 0.3) is 0 Å². The van der Waals surface area contributed by atoms with Crippen LogP contribution in [0.15, 0.2) is 41.2 Å². The summed E-state index contributed by atoms with van der Waals surface area (Å²) in [6.07, 6.45) is -2.73. The first-order chi connectivity index (χ1) is 14.6. The Bertz CT molecular complexity index is 1090. The molecule has 31 heavy (non-hydrogen) atoms.